The molecule has 72 valence electrons. The highest BCUT2D eigenvalue weighted by atomic mass is 15.0. The third-order valence-corrected chi connectivity index (χ3v) is 1.70. The number of nitrogens with zero attached hydrogens (tertiary/aromatic N) is 2. The van der Waals surface area contributed by atoms with Crippen LogP contribution in [0, 0.1) is 5.92 Å². The average Bonchev–Trinajstić information content (AvgIpc) is 2.08. The van der Waals surface area contributed by atoms with Gasteiger partial charge >= 0.3 is 0 Å². The van der Waals surface area contributed by atoms with E-state index >= 15 is 0 Å². The Hall–Kier alpha value is -1.32. The second kappa shape index (κ2) is 4.64. The van der Waals surface area contributed by atoms with Crippen LogP contribution >= 0.6 is 0 Å². The third-order valence-electron chi connectivity index (χ3n) is 1.70. The average molecular weight is 180 g/mol. The number of rotatable bonds is 4. The van der Waals surface area contributed by atoms with Crippen LogP contribution in [0.25, 0.3) is 0 Å². The predicted molar refractivity (Wildman–Crippen MR) is 54.4 cm³/mol. The first-order valence-electron chi connectivity index (χ1n) is 4.50. The Morgan fingerprint density at radius 1 is 1.38 bits per heavy atom. The quantitative estimate of drug-likeness (QED) is 0.737. The summed E-state index contributed by atoms with van der Waals surface area (Å²) in [4.78, 5) is 8.01. The van der Waals surface area contributed by atoms with Gasteiger partial charge in [0, 0.05) is 6.54 Å². The van der Waals surface area contributed by atoms with Gasteiger partial charge in [0.15, 0.2) is 0 Å². The summed E-state index contributed by atoms with van der Waals surface area (Å²) < 4.78 is 0. The zero-order valence-corrected chi connectivity index (χ0v) is 8.12. The van der Waals surface area contributed by atoms with Crippen molar-refractivity contribution in [3.63, 3.8) is 0 Å². The van der Waals surface area contributed by atoms with Crippen molar-refractivity contribution in [2.24, 2.45) is 5.92 Å². The molecule has 1 heterocycles. The largest absolute Gasteiger partial charge is 0.382 e. The van der Waals surface area contributed by atoms with E-state index in [4.69, 9.17) is 5.73 Å². The molecule has 0 unspecified atom stereocenters. The molecule has 4 heteroatoms. The normalized spacial score (nSPS) is 10.4. The van der Waals surface area contributed by atoms with Crippen LogP contribution in [-0.4, -0.2) is 16.5 Å². The molecule has 4 nitrogen and oxygen atoms in total. The van der Waals surface area contributed by atoms with Crippen molar-refractivity contribution in [3.05, 3.63) is 12.4 Å². The zero-order chi connectivity index (χ0) is 9.68. The molecule has 1 aromatic heterocycles. The van der Waals surface area contributed by atoms with Crippen molar-refractivity contribution in [2.75, 3.05) is 17.6 Å². The molecule has 0 aliphatic carbocycles. The van der Waals surface area contributed by atoms with E-state index in [1.165, 1.54) is 0 Å². The summed E-state index contributed by atoms with van der Waals surface area (Å²) in [6.45, 7) is 5.31. The standard InChI is InChI=1S/C9H16N4/c1-7(2)3-4-11-9-6-12-8(10)5-13-9/h5-7H,3-4H2,1-2H3,(H2,10,12)(H,11,13). The van der Waals surface area contributed by atoms with Gasteiger partial charge in [0.1, 0.15) is 11.6 Å². The molecule has 0 amide bonds. The number of nitrogens with one attached hydrogen (secondary N) is 1. The summed E-state index contributed by atoms with van der Waals surface area (Å²) in [6.07, 6.45) is 4.33. The van der Waals surface area contributed by atoms with E-state index in [9.17, 15) is 0 Å². The lowest BCUT2D eigenvalue weighted by Crippen LogP contribution is -2.06. The molecular weight excluding hydrogens is 164 g/mol. The van der Waals surface area contributed by atoms with E-state index in [0.29, 0.717) is 11.7 Å². The summed E-state index contributed by atoms with van der Waals surface area (Å²) >= 11 is 0. The first kappa shape index (κ1) is 9.77. The summed E-state index contributed by atoms with van der Waals surface area (Å²) in [7, 11) is 0. The number of nitrogen functional groups attached to an aromatic ring is 1. The summed E-state index contributed by atoms with van der Waals surface area (Å²) in [5, 5.41) is 3.17. The fourth-order valence-electron chi connectivity index (χ4n) is 0.918. The summed E-state index contributed by atoms with van der Waals surface area (Å²) in [6, 6.07) is 0. The highest BCUT2D eigenvalue weighted by Crippen LogP contribution is 2.03. The molecule has 1 aromatic rings. The Kier molecular flexibility index (Phi) is 3.49. The molecule has 3 N–H and O–H groups in total. The van der Waals surface area contributed by atoms with Crippen LogP contribution in [-0.2, 0) is 0 Å². The van der Waals surface area contributed by atoms with Gasteiger partial charge in [-0.15, -0.1) is 0 Å². The van der Waals surface area contributed by atoms with E-state index in [-0.39, 0.29) is 0 Å². The lowest BCUT2D eigenvalue weighted by atomic mass is 10.1. The number of nitrogens with two attached hydrogens (primary N) is 1. The predicted octanol–water partition coefficient (Wildman–Crippen LogP) is 1.52. The van der Waals surface area contributed by atoms with Crippen molar-refractivity contribution < 1.29 is 0 Å². The van der Waals surface area contributed by atoms with E-state index in [1.807, 2.05) is 0 Å². The van der Waals surface area contributed by atoms with Gasteiger partial charge in [-0.05, 0) is 12.3 Å². The Labute approximate surface area is 78.6 Å². The van der Waals surface area contributed by atoms with E-state index in [0.717, 1.165) is 18.8 Å². The first-order valence-corrected chi connectivity index (χ1v) is 4.50. The minimum absolute atomic E-state index is 0.453. The molecular formula is C9H16N4. The van der Waals surface area contributed by atoms with Gasteiger partial charge in [0.25, 0.3) is 0 Å². The Morgan fingerprint density at radius 2 is 2.15 bits per heavy atom. The monoisotopic (exact) mass is 180 g/mol. The fourth-order valence-corrected chi connectivity index (χ4v) is 0.918. The highest BCUT2D eigenvalue weighted by molar-refractivity contribution is 5.35. The van der Waals surface area contributed by atoms with E-state index in [1.54, 1.807) is 12.4 Å². The summed E-state index contributed by atoms with van der Waals surface area (Å²) in [5.74, 6) is 1.94. The van der Waals surface area contributed by atoms with Crippen molar-refractivity contribution in [3.8, 4) is 0 Å². The molecule has 0 aliphatic heterocycles. The van der Waals surface area contributed by atoms with Crippen LogP contribution in [0.4, 0.5) is 11.6 Å². The maximum absolute atomic E-state index is 5.40. The van der Waals surface area contributed by atoms with Gasteiger partial charge in [-0.1, -0.05) is 13.8 Å². The molecule has 0 radical (unpaired) electrons. The molecule has 1 rings (SSSR count). The summed E-state index contributed by atoms with van der Waals surface area (Å²) in [5.41, 5.74) is 5.40. The number of hydrogen-bond donors (Lipinski definition) is 2. The lowest BCUT2D eigenvalue weighted by Gasteiger charge is -2.06. The van der Waals surface area contributed by atoms with Gasteiger partial charge in [0.2, 0.25) is 0 Å². The van der Waals surface area contributed by atoms with Crippen molar-refractivity contribution in [2.45, 2.75) is 20.3 Å². The molecule has 13 heavy (non-hydrogen) atoms. The van der Waals surface area contributed by atoms with Crippen LogP contribution in [0.3, 0.4) is 0 Å². The molecule has 0 saturated heterocycles. The minimum atomic E-state index is 0.453. The van der Waals surface area contributed by atoms with Gasteiger partial charge in [0.05, 0.1) is 12.4 Å². The van der Waals surface area contributed by atoms with Gasteiger partial charge in [-0.2, -0.15) is 0 Å². The first-order chi connectivity index (χ1) is 6.18. The molecule has 0 aromatic carbocycles. The van der Waals surface area contributed by atoms with Crippen molar-refractivity contribution in [1.82, 2.24) is 9.97 Å². The number of hydrogen-bond acceptors (Lipinski definition) is 4. The van der Waals surface area contributed by atoms with Crippen LogP contribution in [0.2, 0.25) is 0 Å². The smallest absolute Gasteiger partial charge is 0.144 e. The van der Waals surface area contributed by atoms with Crippen LogP contribution in [0.15, 0.2) is 12.4 Å². The zero-order valence-electron chi connectivity index (χ0n) is 8.12. The molecule has 0 spiro atoms. The Bertz CT molecular complexity index is 242. The van der Waals surface area contributed by atoms with Gasteiger partial charge < -0.3 is 11.1 Å². The molecule has 0 fully saturated rings. The lowest BCUT2D eigenvalue weighted by molar-refractivity contribution is 0.606. The second-order valence-electron chi connectivity index (χ2n) is 3.44. The topological polar surface area (TPSA) is 63.8 Å². The third kappa shape index (κ3) is 3.73. The minimum Gasteiger partial charge on any atom is -0.382 e. The maximum atomic E-state index is 5.40. The molecule has 0 aliphatic rings. The molecule has 0 saturated carbocycles. The van der Waals surface area contributed by atoms with E-state index in [2.05, 4.69) is 29.1 Å². The second-order valence-corrected chi connectivity index (χ2v) is 3.44. The van der Waals surface area contributed by atoms with Crippen LogP contribution in [0.1, 0.15) is 20.3 Å². The van der Waals surface area contributed by atoms with Crippen molar-refractivity contribution >= 4 is 11.6 Å². The Balaban J connectivity index is 2.33. The van der Waals surface area contributed by atoms with Crippen LogP contribution in [0.5, 0.6) is 0 Å². The molecule has 0 bridgehead atoms. The Morgan fingerprint density at radius 3 is 2.69 bits per heavy atom. The van der Waals surface area contributed by atoms with E-state index < -0.39 is 0 Å². The molecule has 0 atom stereocenters. The van der Waals surface area contributed by atoms with Gasteiger partial charge in [-0.25, -0.2) is 9.97 Å². The van der Waals surface area contributed by atoms with Gasteiger partial charge in [-0.3, -0.25) is 0 Å². The SMILES string of the molecule is CC(C)CCNc1cnc(N)cn1. The van der Waals surface area contributed by atoms with Crippen molar-refractivity contribution in [1.29, 1.82) is 0 Å². The maximum Gasteiger partial charge on any atom is 0.144 e. The number of aromatic nitrogens is 2. The van der Waals surface area contributed by atoms with Crippen LogP contribution < -0.4 is 11.1 Å². The highest BCUT2D eigenvalue weighted by Gasteiger charge is 1.95. The fraction of sp³-hybridized carbons (Fsp3) is 0.556. The number of anilines is 2.